The van der Waals surface area contributed by atoms with E-state index in [1.807, 2.05) is 30.3 Å². The van der Waals surface area contributed by atoms with Gasteiger partial charge in [-0.25, -0.2) is 0 Å². The first-order valence-electron chi connectivity index (χ1n) is 9.09. The van der Waals surface area contributed by atoms with Gasteiger partial charge < -0.3 is 24.8 Å². The van der Waals surface area contributed by atoms with E-state index in [0.717, 1.165) is 18.4 Å². The lowest BCUT2D eigenvalue weighted by Crippen LogP contribution is -2.41. The van der Waals surface area contributed by atoms with Gasteiger partial charge in [0, 0.05) is 30.6 Å². The van der Waals surface area contributed by atoms with Crippen LogP contribution in [-0.2, 0) is 11.3 Å². The molecule has 0 atom stereocenters. The molecule has 3 aromatic rings. The second-order valence-electron chi connectivity index (χ2n) is 6.90. The zero-order chi connectivity index (χ0) is 18.8. The van der Waals surface area contributed by atoms with E-state index in [1.54, 1.807) is 11.0 Å². The second kappa shape index (κ2) is 7.32. The van der Waals surface area contributed by atoms with Crippen molar-refractivity contribution in [3.8, 4) is 11.5 Å². The zero-order valence-corrected chi connectivity index (χ0v) is 14.9. The fraction of sp³-hybridized carbons (Fsp3) is 0.286. The topological polar surface area (TPSA) is 85.8 Å². The van der Waals surface area contributed by atoms with Crippen molar-refractivity contribution >= 4 is 16.8 Å². The molecular weight excluding hydrogens is 344 g/mol. The molecule has 0 aliphatic carbocycles. The number of likely N-dealkylation sites (tertiary alicyclic amines) is 1. The highest BCUT2D eigenvalue weighted by atomic mass is 16.5. The second-order valence-corrected chi connectivity index (χ2v) is 6.90. The smallest absolute Gasteiger partial charge is 0.270 e. The van der Waals surface area contributed by atoms with Gasteiger partial charge >= 0.3 is 0 Å². The Morgan fingerprint density at radius 1 is 1.11 bits per heavy atom. The Labute approximate surface area is 157 Å². The number of hydrogen-bond acceptors (Lipinski definition) is 4. The van der Waals surface area contributed by atoms with Gasteiger partial charge in [-0.3, -0.25) is 4.79 Å². The zero-order valence-electron chi connectivity index (χ0n) is 14.9. The number of amides is 1. The van der Waals surface area contributed by atoms with E-state index in [-0.39, 0.29) is 23.5 Å². The largest absolute Gasteiger partial charge is 0.508 e. The Morgan fingerprint density at radius 2 is 1.85 bits per heavy atom. The molecule has 0 spiro atoms. The van der Waals surface area contributed by atoms with Gasteiger partial charge in [0.15, 0.2) is 0 Å². The Hall–Kier alpha value is -2.99. The van der Waals surface area contributed by atoms with Crippen LogP contribution in [0.3, 0.4) is 0 Å². The Bertz CT molecular complexity index is 943. The van der Waals surface area contributed by atoms with Crippen molar-refractivity contribution in [2.45, 2.75) is 25.6 Å². The molecular formula is C21H22N2O4. The number of piperidine rings is 1. The summed E-state index contributed by atoms with van der Waals surface area (Å²) in [5.41, 5.74) is 2.10. The van der Waals surface area contributed by atoms with Crippen molar-refractivity contribution in [1.29, 1.82) is 0 Å². The van der Waals surface area contributed by atoms with Gasteiger partial charge in [-0.1, -0.05) is 30.3 Å². The first kappa shape index (κ1) is 17.4. The summed E-state index contributed by atoms with van der Waals surface area (Å²) in [5.74, 6) is -0.197. The maximum atomic E-state index is 12.8. The summed E-state index contributed by atoms with van der Waals surface area (Å²) in [6.45, 7) is 1.85. The van der Waals surface area contributed by atoms with Crippen molar-refractivity contribution < 1.29 is 19.7 Å². The number of fused-ring (bicyclic) bond motifs is 1. The Morgan fingerprint density at radius 3 is 2.59 bits per heavy atom. The summed E-state index contributed by atoms with van der Waals surface area (Å²) >= 11 is 0. The molecule has 2 heterocycles. The maximum absolute atomic E-state index is 12.8. The molecule has 1 aliphatic rings. The van der Waals surface area contributed by atoms with Crippen LogP contribution in [0.15, 0.2) is 48.5 Å². The molecule has 1 amide bonds. The van der Waals surface area contributed by atoms with Crippen molar-refractivity contribution in [3.05, 3.63) is 59.8 Å². The number of hydrogen-bond donors (Lipinski definition) is 3. The lowest BCUT2D eigenvalue weighted by molar-refractivity contribution is -0.000489. The minimum atomic E-state index is -0.105. The molecule has 0 unspecified atom stereocenters. The number of phenolic OH excluding ortho intramolecular Hbond substituents is 2. The third kappa shape index (κ3) is 3.75. The molecule has 3 N–H and O–H groups in total. The normalized spacial score (nSPS) is 15.3. The van der Waals surface area contributed by atoms with E-state index in [2.05, 4.69) is 4.98 Å². The van der Waals surface area contributed by atoms with E-state index in [0.29, 0.717) is 36.3 Å². The van der Waals surface area contributed by atoms with Crippen LogP contribution in [-0.4, -0.2) is 45.2 Å². The van der Waals surface area contributed by atoms with Crippen molar-refractivity contribution in [3.63, 3.8) is 0 Å². The van der Waals surface area contributed by atoms with Crippen LogP contribution in [0.1, 0.15) is 28.9 Å². The number of ether oxygens (including phenoxy) is 1. The van der Waals surface area contributed by atoms with Crippen LogP contribution in [0.2, 0.25) is 0 Å². The monoisotopic (exact) mass is 366 g/mol. The highest BCUT2D eigenvalue weighted by Crippen LogP contribution is 2.30. The number of phenols is 2. The first-order chi connectivity index (χ1) is 13.1. The average molecular weight is 366 g/mol. The van der Waals surface area contributed by atoms with E-state index < -0.39 is 0 Å². The van der Waals surface area contributed by atoms with Crippen molar-refractivity contribution in [2.75, 3.05) is 13.1 Å². The molecule has 4 rings (SSSR count). The molecule has 1 aromatic heterocycles. The van der Waals surface area contributed by atoms with Crippen molar-refractivity contribution in [2.24, 2.45) is 0 Å². The fourth-order valence-corrected chi connectivity index (χ4v) is 3.50. The summed E-state index contributed by atoms with van der Waals surface area (Å²) in [6.07, 6.45) is 1.74. The molecule has 1 aliphatic heterocycles. The summed E-state index contributed by atoms with van der Waals surface area (Å²) in [4.78, 5) is 17.5. The Balaban J connectivity index is 1.36. The number of rotatable bonds is 4. The molecule has 1 fully saturated rings. The number of H-pyrrole nitrogens is 1. The van der Waals surface area contributed by atoms with Gasteiger partial charge in [-0.15, -0.1) is 0 Å². The van der Waals surface area contributed by atoms with Gasteiger partial charge in [0.25, 0.3) is 5.91 Å². The van der Waals surface area contributed by atoms with Crippen LogP contribution in [0.25, 0.3) is 10.9 Å². The highest BCUT2D eigenvalue weighted by Gasteiger charge is 2.25. The third-order valence-corrected chi connectivity index (χ3v) is 4.99. The highest BCUT2D eigenvalue weighted by molar-refractivity contribution is 6.00. The Kier molecular flexibility index (Phi) is 4.73. The van der Waals surface area contributed by atoms with E-state index >= 15 is 0 Å². The standard InChI is InChI=1S/C21H22N2O4/c24-15-10-18-17(20(25)11-15)12-19(22-18)21(26)23-8-6-16(7-9-23)27-13-14-4-2-1-3-5-14/h1-5,10-12,16,22,24-25H,6-9,13H2. The van der Waals surface area contributed by atoms with Crippen LogP contribution in [0, 0.1) is 0 Å². The van der Waals surface area contributed by atoms with E-state index in [9.17, 15) is 15.0 Å². The molecule has 0 bridgehead atoms. The molecule has 0 saturated carbocycles. The number of benzene rings is 2. The molecule has 6 nitrogen and oxygen atoms in total. The number of aromatic amines is 1. The average Bonchev–Trinajstić information content (AvgIpc) is 3.11. The van der Waals surface area contributed by atoms with Crippen LogP contribution in [0.4, 0.5) is 0 Å². The number of aromatic hydroxyl groups is 2. The number of aromatic nitrogens is 1. The van der Waals surface area contributed by atoms with E-state index in [4.69, 9.17) is 4.74 Å². The van der Waals surface area contributed by atoms with Gasteiger partial charge in [0.1, 0.15) is 17.2 Å². The minimum Gasteiger partial charge on any atom is -0.508 e. The van der Waals surface area contributed by atoms with Crippen LogP contribution >= 0.6 is 0 Å². The molecule has 1 saturated heterocycles. The maximum Gasteiger partial charge on any atom is 0.270 e. The van der Waals surface area contributed by atoms with Gasteiger partial charge in [-0.05, 0) is 24.5 Å². The SMILES string of the molecule is O=C(c1cc2c(O)cc(O)cc2[nH]1)N1CCC(OCc2ccccc2)CC1. The predicted octanol–water partition coefficient (Wildman–Crippen LogP) is 3.40. The number of carbonyl (C=O) groups excluding carboxylic acids is 1. The number of carbonyl (C=O) groups is 1. The molecule has 2 aromatic carbocycles. The lowest BCUT2D eigenvalue weighted by atomic mass is 10.1. The number of nitrogens with zero attached hydrogens (tertiary/aromatic N) is 1. The quantitative estimate of drug-likeness (QED) is 0.661. The summed E-state index contributed by atoms with van der Waals surface area (Å²) in [5, 5.41) is 20.0. The third-order valence-electron chi connectivity index (χ3n) is 4.99. The molecule has 27 heavy (non-hydrogen) atoms. The first-order valence-corrected chi connectivity index (χ1v) is 9.09. The molecule has 6 heteroatoms. The molecule has 140 valence electrons. The summed E-state index contributed by atoms with van der Waals surface area (Å²) in [6, 6.07) is 14.5. The van der Waals surface area contributed by atoms with Crippen LogP contribution in [0.5, 0.6) is 11.5 Å². The predicted molar refractivity (Wildman–Crippen MR) is 102 cm³/mol. The summed E-state index contributed by atoms with van der Waals surface area (Å²) < 4.78 is 5.97. The summed E-state index contributed by atoms with van der Waals surface area (Å²) in [7, 11) is 0. The van der Waals surface area contributed by atoms with E-state index in [1.165, 1.54) is 12.1 Å². The fourth-order valence-electron chi connectivity index (χ4n) is 3.50. The van der Waals surface area contributed by atoms with Gasteiger partial charge in [0.2, 0.25) is 0 Å². The van der Waals surface area contributed by atoms with Gasteiger partial charge in [0.05, 0.1) is 18.2 Å². The molecule has 0 radical (unpaired) electrons. The van der Waals surface area contributed by atoms with Gasteiger partial charge in [-0.2, -0.15) is 0 Å². The minimum absolute atomic E-state index is 0.0442. The lowest BCUT2D eigenvalue weighted by Gasteiger charge is -2.31. The van der Waals surface area contributed by atoms with Crippen LogP contribution < -0.4 is 0 Å². The number of nitrogens with one attached hydrogen (secondary N) is 1. The van der Waals surface area contributed by atoms with Crippen molar-refractivity contribution in [1.82, 2.24) is 9.88 Å².